The van der Waals surface area contributed by atoms with Crippen molar-refractivity contribution in [2.45, 2.75) is 13.0 Å². The molecule has 0 aliphatic carbocycles. The van der Waals surface area contributed by atoms with Crippen LogP contribution < -0.4 is 0 Å². The quantitative estimate of drug-likeness (QED) is 0.607. The zero-order valence-electron chi connectivity index (χ0n) is 12.1. The van der Waals surface area contributed by atoms with Crippen LogP contribution in [0.3, 0.4) is 0 Å². The lowest BCUT2D eigenvalue weighted by Crippen LogP contribution is -2.15. The Kier molecular flexibility index (Phi) is 6.63. The Bertz CT molecular complexity index is 629. The summed E-state index contributed by atoms with van der Waals surface area (Å²) >= 11 is 0. The van der Waals surface area contributed by atoms with Gasteiger partial charge in [-0.3, -0.25) is 0 Å². The number of carboxylic acids is 1. The monoisotopic (exact) mass is 322 g/mol. The standard InChI is InChI=1S/C11H12O5.C4H2O3/c1-7(12)6-16-11(15)9-4-2-3-8(5-9)10(13)14;5-3-1-2-4(6)7-3/h2-5,7,12H,6H2,1H3,(H,13,14);1-2H. The van der Waals surface area contributed by atoms with Crippen LogP contribution >= 0.6 is 0 Å². The van der Waals surface area contributed by atoms with Crippen molar-refractivity contribution in [2.75, 3.05) is 6.61 Å². The lowest BCUT2D eigenvalue weighted by Gasteiger charge is -2.06. The Morgan fingerprint density at radius 1 is 1.17 bits per heavy atom. The Morgan fingerprint density at radius 3 is 2.17 bits per heavy atom. The third kappa shape index (κ3) is 6.53. The summed E-state index contributed by atoms with van der Waals surface area (Å²) in [6, 6.07) is 5.53. The molecule has 0 saturated carbocycles. The van der Waals surface area contributed by atoms with Gasteiger partial charge in [0.2, 0.25) is 0 Å². The van der Waals surface area contributed by atoms with E-state index in [0.717, 1.165) is 12.2 Å². The van der Waals surface area contributed by atoms with Crippen LogP contribution in [-0.4, -0.2) is 46.8 Å². The summed E-state index contributed by atoms with van der Waals surface area (Å²) in [5.74, 6) is -2.91. The van der Waals surface area contributed by atoms with Crippen LogP contribution in [0, 0.1) is 0 Å². The average Bonchev–Trinajstić information content (AvgIpc) is 2.88. The number of benzene rings is 1. The first kappa shape index (κ1) is 18.1. The number of aromatic carboxylic acids is 1. The topological polar surface area (TPSA) is 127 Å². The van der Waals surface area contributed by atoms with Gasteiger partial charge in [0.05, 0.1) is 17.2 Å². The molecule has 2 rings (SSSR count). The van der Waals surface area contributed by atoms with Gasteiger partial charge in [0.25, 0.3) is 0 Å². The number of aliphatic hydroxyl groups excluding tert-OH is 1. The molecule has 1 atom stereocenters. The van der Waals surface area contributed by atoms with Gasteiger partial charge in [0.15, 0.2) is 0 Å². The Labute approximate surface area is 130 Å². The van der Waals surface area contributed by atoms with Crippen LogP contribution in [0.25, 0.3) is 0 Å². The SMILES string of the molecule is CC(O)COC(=O)c1cccc(C(=O)O)c1.O=C1C=CC(=O)O1. The van der Waals surface area contributed by atoms with Crippen LogP contribution in [0.1, 0.15) is 27.6 Å². The summed E-state index contributed by atoms with van der Waals surface area (Å²) < 4.78 is 8.71. The smallest absolute Gasteiger partial charge is 0.338 e. The molecule has 2 N–H and O–H groups in total. The number of carbonyl (C=O) groups is 4. The molecule has 0 aromatic heterocycles. The van der Waals surface area contributed by atoms with Gasteiger partial charge < -0.3 is 19.7 Å². The van der Waals surface area contributed by atoms with Crippen LogP contribution in [0.4, 0.5) is 0 Å². The van der Waals surface area contributed by atoms with Crippen LogP contribution in [0.5, 0.6) is 0 Å². The van der Waals surface area contributed by atoms with E-state index in [1.807, 2.05) is 0 Å². The number of hydrogen-bond acceptors (Lipinski definition) is 7. The van der Waals surface area contributed by atoms with Gasteiger partial charge in [-0.1, -0.05) is 6.07 Å². The van der Waals surface area contributed by atoms with Crippen molar-refractivity contribution >= 4 is 23.9 Å². The van der Waals surface area contributed by atoms with Crippen molar-refractivity contribution in [1.82, 2.24) is 0 Å². The molecule has 1 aliphatic heterocycles. The molecule has 1 aromatic carbocycles. The summed E-state index contributed by atoms with van der Waals surface area (Å²) in [5, 5.41) is 17.6. The van der Waals surface area contributed by atoms with Crippen molar-refractivity contribution in [2.24, 2.45) is 0 Å². The maximum Gasteiger partial charge on any atom is 0.338 e. The number of aliphatic hydroxyl groups is 1. The van der Waals surface area contributed by atoms with Crippen LogP contribution in [0.15, 0.2) is 36.4 Å². The summed E-state index contributed by atoms with van der Waals surface area (Å²) in [4.78, 5) is 41.9. The van der Waals surface area contributed by atoms with Gasteiger partial charge >= 0.3 is 23.9 Å². The summed E-state index contributed by atoms with van der Waals surface area (Å²) in [7, 11) is 0. The molecule has 23 heavy (non-hydrogen) atoms. The molecule has 1 unspecified atom stereocenters. The molecule has 0 saturated heterocycles. The molecule has 8 nitrogen and oxygen atoms in total. The number of carbonyl (C=O) groups excluding carboxylic acids is 3. The molecule has 0 spiro atoms. The highest BCUT2D eigenvalue weighted by molar-refractivity contribution is 6.04. The molecule has 0 fully saturated rings. The van der Waals surface area contributed by atoms with Crippen molar-refractivity contribution < 1.29 is 38.9 Å². The highest BCUT2D eigenvalue weighted by Crippen LogP contribution is 2.07. The number of rotatable bonds is 4. The molecule has 0 bridgehead atoms. The lowest BCUT2D eigenvalue weighted by molar-refractivity contribution is -0.150. The second-order valence-electron chi connectivity index (χ2n) is 4.41. The van der Waals surface area contributed by atoms with Crippen molar-refractivity contribution in [1.29, 1.82) is 0 Å². The average molecular weight is 322 g/mol. The first-order chi connectivity index (χ1) is 10.8. The molecular weight excluding hydrogens is 308 g/mol. The Hall–Kier alpha value is -3.00. The normalized spacial score (nSPS) is 13.7. The fourth-order valence-electron chi connectivity index (χ4n) is 1.36. The van der Waals surface area contributed by atoms with Gasteiger partial charge in [-0.25, -0.2) is 19.2 Å². The highest BCUT2D eigenvalue weighted by atomic mass is 16.6. The number of carboxylic acid groups (broad SMARTS) is 1. The number of hydrogen-bond donors (Lipinski definition) is 2. The molecule has 0 radical (unpaired) electrons. The van der Waals surface area contributed by atoms with Gasteiger partial charge in [0, 0.05) is 12.2 Å². The third-order valence-corrected chi connectivity index (χ3v) is 2.36. The summed E-state index contributed by atoms with van der Waals surface area (Å²) in [6.45, 7) is 1.37. The van der Waals surface area contributed by atoms with E-state index in [1.54, 1.807) is 0 Å². The molecule has 1 heterocycles. The first-order valence-electron chi connectivity index (χ1n) is 6.42. The summed E-state index contributed by atoms with van der Waals surface area (Å²) in [5.41, 5.74) is 0.173. The van der Waals surface area contributed by atoms with E-state index in [2.05, 4.69) is 4.74 Å². The third-order valence-electron chi connectivity index (χ3n) is 2.36. The second-order valence-corrected chi connectivity index (χ2v) is 4.41. The van der Waals surface area contributed by atoms with Crippen molar-refractivity contribution in [3.8, 4) is 0 Å². The minimum Gasteiger partial charge on any atom is -0.478 e. The van der Waals surface area contributed by atoms with Crippen molar-refractivity contribution in [3.05, 3.63) is 47.5 Å². The highest BCUT2D eigenvalue weighted by Gasteiger charge is 2.11. The van der Waals surface area contributed by atoms with Gasteiger partial charge in [0.1, 0.15) is 6.61 Å². The van der Waals surface area contributed by atoms with E-state index < -0.39 is 30.0 Å². The number of ether oxygens (including phenoxy) is 2. The minimum absolute atomic E-state index is 0.0199. The molecular formula is C15H14O8. The molecule has 1 aliphatic rings. The molecule has 1 aromatic rings. The van der Waals surface area contributed by atoms with E-state index in [4.69, 9.17) is 14.9 Å². The fraction of sp³-hybridized carbons (Fsp3) is 0.200. The van der Waals surface area contributed by atoms with Gasteiger partial charge in [-0.2, -0.15) is 0 Å². The Balaban J connectivity index is 0.000000313. The Morgan fingerprint density at radius 2 is 1.74 bits per heavy atom. The van der Waals surface area contributed by atoms with Gasteiger partial charge in [-0.15, -0.1) is 0 Å². The maximum atomic E-state index is 11.4. The predicted molar refractivity (Wildman–Crippen MR) is 75.6 cm³/mol. The van der Waals surface area contributed by atoms with Crippen LogP contribution in [0.2, 0.25) is 0 Å². The fourth-order valence-corrected chi connectivity index (χ4v) is 1.36. The zero-order chi connectivity index (χ0) is 17.4. The lowest BCUT2D eigenvalue weighted by atomic mass is 10.1. The van der Waals surface area contributed by atoms with Crippen LogP contribution in [-0.2, 0) is 19.1 Å². The van der Waals surface area contributed by atoms with E-state index >= 15 is 0 Å². The minimum atomic E-state index is -1.11. The van der Waals surface area contributed by atoms with Crippen molar-refractivity contribution in [3.63, 3.8) is 0 Å². The molecule has 0 amide bonds. The first-order valence-corrected chi connectivity index (χ1v) is 6.42. The van der Waals surface area contributed by atoms with E-state index in [-0.39, 0.29) is 17.7 Å². The number of cyclic esters (lactones) is 2. The zero-order valence-corrected chi connectivity index (χ0v) is 12.1. The maximum absolute atomic E-state index is 11.4. The molecule has 8 heteroatoms. The number of esters is 3. The van der Waals surface area contributed by atoms with E-state index in [9.17, 15) is 19.2 Å². The van der Waals surface area contributed by atoms with E-state index in [0.29, 0.717) is 0 Å². The summed E-state index contributed by atoms with van der Waals surface area (Å²) in [6.07, 6.45) is 1.43. The second kappa shape index (κ2) is 8.44. The predicted octanol–water partition coefficient (Wildman–Crippen LogP) is 0.548. The molecule has 122 valence electrons. The van der Waals surface area contributed by atoms with E-state index in [1.165, 1.54) is 31.2 Å². The largest absolute Gasteiger partial charge is 0.478 e. The van der Waals surface area contributed by atoms with Gasteiger partial charge in [-0.05, 0) is 25.1 Å².